The number of aromatic nitrogens is 2. The fourth-order valence-electron chi connectivity index (χ4n) is 1.82. The molecule has 112 valence electrons. The van der Waals surface area contributed by atoms with E-state index in [1.165, 1.54) is 12.3 Å². The molecule has 21 heavy (non-hydrogen) atoms. The summed E-state index contributed by atoms with van der Waals surface area (Å²) in [4.78, 5) is 8.34. The predicted octanol–water partition coefficient (Wildman–Crippen LogP) is 1.95. The van der Waals surface area contributed by atoms with E-state index < -0.39 is 16.1 Å². The first kappa shape index (κ1) is 15.4. The number of pyridine rings is 2. The van der Waals surface area contributed by atoms with Gasteiger partial charge in [-0.2, -0.15) is 0 Å². The van der Waals surface area contributed by atoms with Gasteiger partial charge in [0.25, 0.3) is 0 Å². The molecule has 0 saturated carbocycles. The molecule has 0 amide bonds. The summed E-state index contributed by atoms with van der Waals surface area (Å²) in [5.41, 5.74) is 0.665. The molecule has 0 fully saturated rings. The van der Waals surface area contributed by atoms with Gasteiger partial charge >= 0.3 is 0 Å². The maximum Gasteiger partial charge on any atom is 0.242 e. The van der Waals surface area contributed by atoms with Gasteiger partial charge in [-0.15, -0.1) is 0 Å². The van der Waals surface area contributed by atoms with Crippen molar-refractivity contribution in [2.75, 3.05) is 11.9 Å². The molecular weight excluding hydrogens is 288 g/mol. The molecule has 2 heterocycles. The van der Waals surface area contributed by atoms with Gasteiger partial charge in [0.15, 0.2) is 0 Å². The van der Waals surface area contributed by atoms with E-state index in [4.69, 9.17) is 0 Å². The van der Waals surface area contributed by atoms with Crippen LogP contribution in [0.5, 0.6) is 0 Å². The fraction of sp³-hybridized carbons (Fsp3) is 0.286. The molecule has 2 aromatic heterocycles. The van der Waals surface area contributed by atoms with Crippen molar-refractivity contribution in [2.45, 2.75) is 24.8 Å². The van der Waals surface area contributed by atoms with Crippen LogP contribution in [0.1, 0.15) is 25.6 Å². The van der Waals surface area contributed by atoms with Crippen molar-refractivity contribution in [1.29, 1.82) is 0 Å². The highest BCUT2D eigenvalue weighted by Crippen LogP contribution is 2.15. The monoisotopic (exact) mass is 306 g/mol. The molecule has 7 heteroatoms. The van der Waals surface area contributed by atoms with Gasteiger partial charge < -0.3 is 5.32 Å². The van der Waals surface area contributed by atoms with Crippen molar-refractivity contribution < 1.29 is 8.42 Å². The molecule has 2 aromatic rings. The van der Waals surface area contributed by atoms with E-state index in [0.29, 0.717) is 11.5 Å². The van der Waals surface area contributed by atoms with E-state index in [1.54, 1.807) is 31.3 Å². The number of nitrogens with zero attached hydrogens (tertiary/aromatic N) is 2. The van der Waals surface area contributed by atoms with Crippen molar-refractivity contribution in [2.24, 2.45) is 0 Å². The van der Waals surface area contributed by atoms with Crippen molar-refractivity contribution in [1.82, 2.24) is 14.7 Å². The molecule has 2 rings (SSSR count). The van der Waals surface area contributed by atoms with Crippen molar-refractivity contribution in [3.8, 4) is 0 Å². The molecule has 1 atom stereocenters. The number of hydrogen-bond acceptors (Lipinski definition) is 5. The summed E-state index contributed by atoms with van der Waals surface area (Å²) in [5, 5.41) is 3.02. The SMILES string of the molecule is CCNc1ccc(S(=O)(=O)NC(C)c2ccccn2)cn1. The van der Waals surface area contributed by atoms with E-state index in [-0.39, 0.29) is 4.90 Å². The first-order chi connectivity index (χ1) is 10.0. The zero-order valence-electron chi connectivity index (χ0n) is 11.9. The minimum absolute atomic E-state index is 0.131. The van der Waals surface area contributed by atoms with Gasteiger partial charge in [-0.05, 0) is 38.1 Å². The van der Waals surface area contributed by atoms with Gasteiger partial charge in [0, 0.05) is 18.9 Å². The van der Waals surface area contributed by atoms with E-state index in [9.17, 15) is 8.42 Å². The third kappa shape index (κ3) is 3.99. The Bertz CT molecular complexity index is 672. The average molecular weight is 306 g/mol. The Morgan fingerprint density at radius 1 is 1.19 bits per heavy atom. The Morgan fingerprint density at radius 2 is 2.00 bits per heavy atom. The third-order valence-electron chi connectivity index (χ3n) is 2.87. The standard InChI is InChI=1S/C14H18N4O2S/c1-3-15-14-8-7-12(10-17-14)21(19,20)18-11(2)13-6-4-5-9-16-13/h4-11,18H,3H2,1-2H3,(H,15,17). The van der Waals surface area contributed by atoms with Gasteiger partial charge in [0.2, 0.25) is 10.0 Å². The molecule has 0 saturated heterocycles. The second kappa shape index (κ2) is 6.64. The number of sulfonamides is 1. The van der Waals surface area contributed by atoms with Gasteiger partial charge in [-0.3, -0.25) is 4.98 Å². The average Bonchev–Trinajstić information content (AvgIpc) is 2.48. The van der Waals surface area contributed by atoms with Gasteiger partial charge in [-0.1, -0.05) is 6.07 Å². The quantitative estimate of drug-likeness (QED) is 0.852. The van der Waals surface area contributed by atoms with E-state index in [2.05, 4.69) is 20.0 Å². The van der Waals surface area contributed by atoms with Crippen LogP contribution < -0.4 is 10.0 Å². The lowest BCUT2D eigenvalue weighted by molar-refractivity contribution is 0.563. The van der Waals surface area contributed by atoms with E-state index in [0.717, 1.165) is 6.54 Å². The Labute approximate surface area is 124 Å². The van der Waals surface area contributed by atoms with E-state index in [1.807, 2.05) is 13.0 Å². The van der Waals surface area contributed by atoms with Crippen LogP contribution in [0.25, 0.3) is 0 Å². The fourth-order valence-corrected chi connectivity index (χ4v) is 2.98. The highest BCUT2D eigenvalue weighted by atomic mass is 32.2. The highest BCUT2D eigenvalue weighted by molar-refractivity contribution is 7.89. The lowest BCUT2D eigenvalue weighted by atomic mass is 10.2. The van der Waals surface area contributed by atoms with Crippen LogP contribution >= 0.6 is 0 Å². The normalized spacial score (nSPS) is 12.9. The van der Waals surface area contributed by atoms with Crippen LogP contribution in [0.15, 0.2) is 47.6 Å². The first-order valence-electron chi connectivity index (χ1n) is 6.66. The second-order valence-electron chi connectivity index (χ2n) is 4.51. The Hall–Kier alpha value is -1.99. The number of nitrogens with one attached hydrogen (secondary N) is 2. The molecule has 2 N–H and O–H groups in total. The number of hydrogen-bond donors (Lipinski definition) is 2. The highest BCUT2D eigenvalue weighted by Gasteiger charge is 2.19. The van der Waals surface area contributed by atoms with Gasteiger partial charge in [0.05, 0.1) is 11.7 Å². The smallest absolute Gasteiger partial charge is 0.242 e. The summed E-state index contributed by atoms with van der Waals surface area (Å²) in [6, 6.07) is 8.14. The molecule has 6 nitrogen and oxygen atoms in total. The summed E-state index contributed by atoms with van der Waals surface area (Å²) in [7, 11) is -3.62. The maximum atomic E-state index is 12.3. The molecule has 1 unspecified atom stereocenters. The van der Waals surface area contributed by atoms with Gasteiger partial charge in [-0.25, -0.2) is 18.1 Å². The minimum Gasteiger partial charge on any atom is -0.370 e. The zero-order valence-corrected chi connectivity index (χ0v) is 12.8. The summed E-state index contributed by atoms with van der Waals surface area (Å²) >= 11 is 0. The second-order valence-corrected chi connectivity index (χ2v) is 6.22. The van der Waals surface area contributed by atoms with Crippen LogP contribution in [0, 0.1) is 0 Å². The molecule has 0 spiro atoms. The summed E-state index contributed by atoms with van der Waals surface area (Å²) in [6.45, 7) is 4.43. The predicted molar refractivity (Wildman–Crippen MR) is 81.4 cm³/mol. The van der Waals surface area contributed by atoms with Gasteiger partial charge in [0.1, 0.15) is 10.7 Å². The van der Waals surface area contributed by atoms with Crippen LogP contribution in [0.4, 0.5) is 5.82 Å². The maximum absolute atomic E-state index is 12.3. The number of anilines is 1. The molecule has 0 aliphatic carbocycles. The Balaban J connectivity index is 2.14. The van der Waals surface area contributed by atoms with Crippen molar-refractivity contribution >= 4 is 15.8 Å². The molecule has 0 bridgehead atoms. The summed E-state index contributed by atoms with van der Waals surface area (Å²) in [6.07, 6.45) is 2.97. The lowest BCUT2D eigenvalue weighted by Crippen LogP contribution is -2.27. The summed E-state index contributed by atoms with van der Waals surface area (Å²) < 4.78 is 27.2. The Morgan fingerprint density at radius 3 is 2.57 bits per heavy atom. The zero-order chi connectivity index (χ0) is 15.3. The Kier molecular flexibility index (Phi) is 4.87. The first-order valence-corrected chi connectivity index (χ1v) is 8.14. The summed E-state index contributed by atoms with van der Waals surface area (Å²) in [5.74, 6) is 0.647. The minimum atomic E-state index is -3.62. The topological polar surface area (TPSA) is 84.0 Å². The molecule has 0 radical (unpaired) electrons. The van der Waals surface area contributed by atoms with Crippen LogP contribution in [-0.2, 0) is 10.0 Å². The molecule has 0 aromatic carbocycles. The number of rotatable bonds is 6. The lowest BCUT2D eigenvalue weighted by Gasteiger charge is -2.13. The van der Waals surface area contributed by atoms with Crippen molar-refractivity contribution in [3.63, 3.8) is 0 Å². The molecule has 0 aliphatic rings. The van der Waals surface area contributed by atoms with E-state index >= 15 is 0 Å². The van der Waals surface area contributed by atoms with Crippen LogP contribution in [0.2, 0.25) is 0 Å². The molecule has 0 aliphatic heterocycles. The molecular formula is C14H18N4O2S. The van der Waals surface area contributed by atoms with Crippen LogP contribution in [-0.4, -0.2) is 24.9 Å². The third-order valence-corrected chi connectivity index (χ3v) is 4.39. The van der Waals surface area contributed by atoms with Crippen molar-refractivity contribution in [3.05, 3.63) is 48.4 Å². The largest absolute Gasteiger partial charge is 0.370 e. The van der Waals surface area contributed by atoms with Crippen LogP contribution in [0.3, 0.4) is 0 Å².